The molecule has 1 aromatic heterocycles. The predicted molar refractivity (Wildman–Crippen MR) is 81.9 cm³/mol. The van der Waals surface area contributed by atoms with Crippen molar-refractivity contribution < 1.29 is 4.79 Å². The molecule has 0 bridgehead atoms. The van der Waals surface area contributed by atoms with E-state index in [4.69, 9.17) is 5.73 Å². The fourth-order valence-corrected chi connectivity index (χ4v) is 2.90. The summed E-state index contributed by atoms with van der Waals surface area (Å²) in [6, 6.07) is 1.53. The topological polar surface area (TPSA) is 72.1 Å². The van der Waals surface area contributed by atoms with Crippen LogP contribution in [0, 0.1) is 6.92 Å². The molecule has 20 heavy (non-hydrogen) atoms. The molecule has 2 heterocycles. The minimum absolute atomic E-state index is 0.109. The first kappa shape index (κ1) is 14.8. The molecule has 2 amide bonds. The van der Waals surface area contributed by atoms with Crippen LogP contribution in [0.4, 0.5) is 4.79 Å². The number of urea groups is 1. The van der Waals surface area contributed by atoms with Crippen LogP contribution in [0.5, 0.6) is 0 Å². The van der Waals surface area contributed by atoms with Crippen LogP contribution in [-0.2, 0) is 5.41 Å². The smallest absolute Gasteiger partial charge is 0.325 e. The molecule has 1 aliphatic heterocycles. The zero-order valence-corrected chi connectivity index (χ0v) is 13.3. The third kappa shape index (κ3) is 2.95. The van der Waals surface area contributed by atoms with Gasteiger partial charge in [0.05, 0.1) is 17.1 Å². The van der Waals surface area contributed by atoms with Crippen molar-refractivity contribution in [2.24, 2.45) is 5.73 Å². The second-order valence-electron chi connectivity index (χ2n) is 6.04. The molecule has 0 atom stereocenters. The van der Waals surface area contributed by atoms with Gasteiger partial charge in [-0.2, -0.15) is 0 Å². The van der Waals surface area contributed by atoms with Crippen molar-refractivity contribution in [2.45, 2.75) is 40.0 Å². The summed E-state index contributed by atoms with van der Waals surface area (Å²) in [5, 5.41) is 0. The third-order valence-electron chi connectivity index (χ3n) is 2.97. The highest BCUT2D eigenvalue weighted by Crippen LogP contribution is 2.39. The molecule has 0 aliphatic carbocycles. The summed E-state index contributed by atoms with van der Waals surface area (Å²) in [5.74, 6) is 0.811. The monoisotopic (exact) mass is 292 g/mol. The molecule has 5 nitrogen and oxygen atoms in total. The number of carbonyl (C=O) groups excluding carboxylic acids is 1. The number of aromatic nitrogens is 2. The number of carbonyl (C=O) groups is 1. The van der Waals surface area contributed by atoms with Gasteiger partial charge in [0.25, 0.3) is 0 Å². The lowest BCUT2D eigenvalue weighted by molar-refractivity contribution is 0.237. The lowest BCUT2D eigenvalue weighted by Gasteiger charge is -2.18. The molecule has 0 spiro atoms. The molecule has 0 saturated heterocycles. The highest BCUT2D eigenvalue weighted by molar-refractivity contribution is 8.06. The molecule has 0 saturated carbocycles. The van der Waals surface area contributed by atoms with E-state index in [0.29, 0.717) is 6.54 Å². The summed E-state index contributed by atoms with van der Waals surface area (Å²) in [6.45, 7) is 10.8. The number of hydrogen-bond acceptors (Lipinski definition) is 4. The third-order valence-corrected chi connectivity index (χ3v) is 4.24. The normalized spacial score (nSPS) is 15.9. The van der Waals surface area contributed by atoms with Crippen molar-refractivity contribution in [1.29, 1.82) is 0 Å². The first-order valence-electron chi connectivity index (χ1n) is 6.49. The average Bonchev–Trinajstić information content (AvgIpc) is 2.69. The zero-order valence-electron chi connectivity index (χ0n) is 12.5. The van der Waals surface area contributed by atoms with Gasteiger partial charge in [-0.05, 0) is 37.4 Å². The Morgan fingerprint density at radius 1 is 1.35 bits per heavy atom. The molecule has 6 heteroatoms. The van der Waals surface area contributed by atoms with Gasteiger partial charge >= 0.3 is 6.03 Å². The van der Waals surface area contributed by atoms with Crippen molar-refractivity contribution in [1.82, 2.24) is 14.3 Å². The Hall–Kier alpha value is -1.56. The maximum atomic E-state index is 11.3. The van der Waals surface area contributed by atoms with Crippen molar-refractivity contribution in [3.63, 3.8) is 0 Å². The van der Waals surface area contributed by atoms with E-state index in [-0.39, 0.29) is 5.41 Å². The number of primary amides is 1. The van der Waals surface area contributed by atoms with Crippen molar-refractivity contribution >= 4 is 22.9 Å². The summed E-state index contributed by atoms with van der Waals surface area (Å²) in [4.78, 5) is 21.5. The Labute approximate surface area is 123 Å². The first-order chi connectivity index (χ1) is 9.18. The number of nitrogens with two attached hydrogens (primary N) is 1. The average molecular weight is 292 g/mol. The summed E-state index contributed by atoms with van der Waals surface area (Å²) in [6.07, 6.45) is 0. The van der Waals surface area contributed by atoms with E-state index in [1.54, 1.807) is 4.31 Å². The molecule has 1 aromatic rings. The molecule has 0 radical (unpaired) electrons. The van der Waals surface area contributed by atoms with Crippen LogP contribution >= 0.6 is 11.9 Å². The Kier molecular flexibility index (Phi) is 3.77. The Morgan fingerprint density at radius 3 is 2.50 bits per heavy atom. The van der Waals surface area contributed by atoms with Gasteiger partial charge < -0.3 is 5.73 Å². The second kappa shape index (κ2) is 5.09. The Bertz CT molecular complexity index is 589. The largest absolute Gasteiger partial charge is 0.351 e. The molecular formula is C14H20N4OS. The number of rotatable bonds is 1. The van der Waals surface area contributed by atoms with Gasteiger partial charge in [-0.3, -0.25) is 4.31 Å². The van der Waals surface area contributed by atoms with Gasteiger partial charge in [0.15, 0.2) is 0 Å². The number of nitrogens with zero attached hydrogens (tertiary/aromatic N) is 3. The minimum atomic E-state index is -0.425. The van der Waals surface area contributed by atoms with Crippen LogP contribution in [0.3, 0.4) is 0 Å². The quantitative estimate of drug-likeness (QED) is 0.808. The number of amides is 2. The minimum Gasteiger partial charge on any atom is -0.351 e. The first-order valence-corrected chi connectivity index (χ1v) is 7.27. The van der Waals surface area contributed by atoms with Crippen LogP contribution < -0.4 is 5.73 Å². The fourth-order valence-electron chi connectivity index (χ4n) is 1.92. The molecule has 0 unspecified atom stereocenters. The summed E-state index contributed by atoms with van der Waals surface area (Å²) >= 11 is 1.36. The fraction of sp³-hybridized carbons (Fsp3) is 0.500. The van der Waals surface area contributed by atoms with Crippen molar-refractivity contribution in [3.05, 3.63) is 28.9 Å². The lowest BCUT2D eigenvalue weighted by atomic mass is 9.95. The highest BCUT2D eigenvalue weighted by atomic mass is 32.2. The maximum absolute atomic E-state index is 11.3. The van der Waals surface area contributed by atoms with Gasteiger partial charge in [0.1, 0.15) is 5.82 Å². The number of aryl methyl sites for hydroxylation is 1. The molecule has 1 aliphatic rings. The molecule has 2 rings (SSSR count). The van der Waals surface area contributed by atoms with Gasteiger partial charge in [-0.1, -0.05) is 20.8 Å². The Morgan fingerprint density at radius 2 is 2.00 bits per heavy atom. The number of hydrogen-bond donors (Lipinski definition) is 1. The summed E-state index contributed by atoms with van der Waals surface area (Å²) in [5.41, 5.74) is 8.13. The van der Waals surface area contributed by atoms with Gasteiger partial charge in [-0.15, -0.1) is 0 Å². The van der Waals surface area contributed by atoms with Crippen LogP contribution in [0.2, 0.25) is 0 Å². The highest BCUT2D eigenvalue weighted by Gasteiger charge is 2.27. The van der Waals surface area contributed by atoms with Gasteiger partial charge in [-0.25, -0.2) is 14.8 Å². The molecule has 108 valence electrons. The van der Waals surface area contributed by atoms with E-state index in [1.807, 2.05) is 19.9 Å². The van der Waals surface area contributed by atoms with Crippen LogP contribution in [-0.4, -0.2) is 26.8 Å². The van der Waals surface area contributed by atoms with E-state index in [1.165, 1.54) is 11.9 Å². The molecular weight excluding hydrogens is 272 g/mol. The van der Waals surface area contributed by atoms with Crippen LogP contribution in [0.1, 0.15) is 44.9 Å². The van der Waals surface area contributed by atoms with Crippen molar-refractivity contribution in [2.75, 3.05) is 6.54 Å². The van der Waals surface area contributed by atoms with Crippen LogP contribution in [0.15, 0.2) is 11.6 Å². The Balaban J connectivity index is 2.42. The molecule has 0 fully saturated rings. The van der Waals surface area contributed by atoms with Gasteiger partial charge in [0, 0.05) is 11.1 Å². The molecule has 2 N–H and O–H groups in total. The van der Waals surface area contributed by atoms with Crippen LogP contribution in [0.25, 0.3) is 4.91 Å². The second-order valence-corrected chi connectivity index (χ2v) is 7.08. The SMILES string of the molecule is CC1=C(c2cc(C)nc(C(C)(C)C)n2)SN(C(N)=O)C1. The zero-order chi connectivity index (χ0) is 15.1. The van der Waals surface area contributed by atoms with Gasteiger partial charge in [0.2, 0.25) is 0 Å². The van der Waals surface area contributed by atoms with E-state index >= 15 is 0 Å². The standard InChI is InChI=1S/C14H20N4OS/c1-8-7-18(13(15)19)20-11(8)10-6-9(2)16-12(17-10)14(3,4)5/h6H,7H2,1-5H3,(H2,15,19). The van der Waals surface area contributed by atoms with E-state index in [0.717, 1.165) is 27.7 Å². The predicted octanol–water partition coefficient (Wildman–Crippen LogP) is 2.86. The summed E-state index contributed by atoms with van der Waals surface area (Å²) in [7, 11) is 0. The maximum Gasteiger partial charge on any atom is 0.325 e. The molecule has 0 aromatic carbocycles. The lowest BCUT2D eigenvalue weighted by Crippen LogP contribution is -2.28. The summed E-state index contributed by atoms with van der Waals surface area (Å²) < 4.78 is 1.54. The van der Waals surface area contributed by atoms with Crippen molar-refractivity contribution in [3.8, 4) is 0 Å². The van der Waals surface area contributed by atoms with E-state index in [9.17, 15) is 4.79 Å². The van der Waals surface area contributed by atoms with E-state index < -0.39 is 6.03 Å². The van der Waals surface area contributed by atoms with E-state index in [2.05, 4.69) is 30.7 Å².